The van der Waals surface area contributed by atoms with E-state index >= 15 is 0 Å². The predicted molar refractivity (Wildman–Crippen MR) is 80.6 cm³/mol. The van der Waals surface area contributed by atoms with E-state index in [0.717, 1.165) is 51.7 Å². The zero-order chi connectivity index (χ0) is 16.8. The van der Waals surface area contributed by atoms with E-state index in [1.54, 1.807) is 6.20 Å². The first-order valence-electron chi connectivity index (χ1n) is 7.95. The van der Waals surface area contributed by atoms with Gasteiger partial charge in [0, 0.05) is 24.4 Å². The van der Waals surface area contributed by atoms with Crippen LogP contribution in [0.5, 0.6) is 0 Å². The Hall–Kier alpha value is -1.79. The lowest BCUT2D eigenvalue weighted by Crippen LogP contribution is -2.38. The molecule has 0 N–H and O–H groups in total. The molecule has 0 spiro atoms. The van der Waals surface area contributed by atoms with Crippen molar-refractivity contribution in [3.05, 3.63) is 29.4 Å². The fraction of sp³-hybridized carbons (Fsp3) is 0.688. The molecular weight excluding hydrogens is 302 g/mol. The predicted octanol–water partition coefficient (Wildman–Crippen LogP) is 3.69. The van der Waals surface area contributed by atoms with Crippen molar-refractivity contribution in [3.63, 3.8) is 0 Å². The third-order valence-corrected chi connectivity index (χ3v) is 4.77. The summed E-state index contributed by atoms with van der Waals surface area (Å²) >= 11 is 0. The number of hydrogen-bond acceptors (Lipinski definition) is 4. The number of aromatic nitrogens is 4. The molecule has 0 saturated carbocycles. The molecule has 3 heterocycles. The Morgan fingerprint density at radius 1 is 1.35 bits per heavy atom. The summed E-state index contributed by atoms with van der Waals surface area (Å²) in [6.45, 7) is 6.53. The molecule has 0 radical (unpaired) electrons. The number of hydrogen-bond donors (Lipinski definition) is 0. The summed E-state index contributed by atoms with van der Waals surface area (Å²) in [5.74, 6) is 1.50. The molecule has 0 amide bonds. The van der Waals surface area contributed by atoms with Crippen molar-refractivity contribution >= 4 is 0 Å². The van der Waals surface area contributed by atoms with E-state index < -0.39 is 11.3 Å². The Morgan fingerprint density at radius 2 is 2.09 bits per heavy atom. The minimum Gasteiger partial charge on any atom is -0.339 e. The van der Waals surface area contributed by atoms with Gasteiger partial charge in [-0.2, -0.15) is 4.98 Å². The highest BCUT2D eigenvalue weighted by atomic mass is 19.2. The second kappa shape index (κ2) is 5.39. The van der Waals surface area contributed by atoms with Gasteiger partial charge >= 0.3 is 0 Å². The summed E-state index contributed by atoms with van der Waals surface area (Å²) < 4.78 is 35.9. The number of alkyl halides is 2. The molecule has 2 aromatic heterocycles. The van der Waals surface area contributed by atoms with Gasteiger partial charge in [-0.05, 0) is 33.6 Å². The number of imidazole rings is 1. The summed E-state index contributed by atoms with van der Waals surface area (Å²) in [7, 11) is 0. The second-order valence-electron chi connectivity index (χ2n) is 6.97. The third kappa shape index (κ3) is 2.77. The van der Waals surface area contributed by atoms with Crippen LogP contribution in [0.2, 0.25) is 0 Å². The van der Waals surface area contributed by atoms with Crippen LogP contribution in [0.3, 0.4) is 0 Å². The SMILES string of the molecule is CC1CCCn2c(Cc3nc(C(C)(F)C(C)(C)F)no3)cnc21. The smallest absolute Gasteiger partial charge is 0.232 e. The highest BCUT2D eigenvalue weighted by molar-refractivity contribution is 5.15. The lowest BCUT2D eigenvalue weighted by molar-refractivity contribution is -0.0126. The Morgan fingerprint density at radius 3 is 2.78 bits per heavy atom. The number of halogens is 2. The van der Waals surface area contributed by atoms with E-state index in [4.69, 9.17) is 4.52 Å². The van der Waals surface area contributed by atoms with Crippen LogP contribution in [0.25, 0.3) is 0 Å². The van der Waals surface area contributed by atoms with Crippen LogP contribution >= 0.6 is 0 Å². The van der Waals surface area contributed by atoms with E-state index in [1.807, 2.05) is 0 Å². The molecule has 0 aliphatic carbocycles. The van der Waals surface area contributed by atoms with Gasteiger partial charge in [-0.25, -0.2) is 13.8 Å². The lowest BCUT2D eigenvalue weighted by atomic mass is 9.91. The first-order valence-corrected chi connectivity index (χ1v) is 7.95. The molecule has 0 bridgehead atoms. The number of rotatable bonds is 4. The fourth-order valence-corrected chi connectivity index (χ4v) is 2.84. The highest BCUT2D eigenvalue weighted by Crippen LogP contribution is 2.37. The molecule has 2 unspecified atom stereocenters. The monoisotopic (exact) mass is 324 g/mol. The molecular formula is C16H22F2N4O. The third-order valence-electron chi connectivity index (χ3n) is 4.77. The van der Waals surface area contributed by atoms with Crippen molar-refractivity contribution in [2.45, 2.75) is 70.8 Å². The minimum absolute atomic E-state index is 0.258. The van der Waals surface area contributed by atoms with E-state index in [2.05, 4.69) is 26.6 Å². The molecule has 0 aromatic carbocycles. The summed E-state index contributed by atoms with van der Waals surface area (Å²) in [5, 5.41) is 3.63. The maximum atomic E-state index is 14.6. The molecule has 23 heavy (non-hydrogen) atoms. The van der Waals surface area contributed by atoms with Gasteiger partial charge in [0.25, 0.3) is 0 Å². The zero-order valence-corrected chi connectivity index (χ0v) is 13.9. The normalized spacial score (nSPS) is 21.0. The molecule has 2 aromatic rings. The Labute approximate surface area is 134 Å². The standard InChI is InChI=1S/C16H22F2N4O/c1-10-6-5-7-22-11(9-19-13(10)22)8-12-20-14(21-23-12)16(4,18)15(2,3)17/h9-10H,5-8H2,1-4H3. The lowest BCUT2D eigenvalue weighted by Gasteiger charge is -2.27. The Bertz CT molecular complexity index is 699. The van der Waals surface area contributed by atoms with Crippen LogP contribution < -0.4 is 0 Å². The van der Waals surface area contributed by atoms with Crippen molar-refractivity contribution < 1.29 is 13.3 Å². The summed E-state index contributed by atoms with van der Waals surface area (Å²) in [6, 6.07) is 0. The first kappa shape index (κ1) is 16.1. The van der Waals surface area contributed by atoms with Crippen molar-refractivity contribution in [1.29, 1.82) is 0 Å². The largest absolute Gasteiger partial charge is 0.339 e. The van der Waals surface area contributed by atoms with Crippen molar-refractivity contribution in [2.24, 2.45) is 0 Å². The second-order valence-corrected chi connectivity index (χ2v) is 6.97. The summed E-state index contributed by atoms with van der Waals surface area (Å²) in [6.07, 6.45) is 4.41. The van der Waals surface area contributed by atoms with E-state index in [9.17, 15) is 8.78 Å². The molecule has 5 nitrogen and oxygen atoms in total. The van der Waals surface area contributed by atoms with Gasteiger partial charge in [-0.15, -0.1) is 0 Å². The van der Waals surface area contributed by atoms with Crippen LogP contribution in [-0.4, -0.2) is 25.4 Å². The maximum absolute atomic E-state index is 14.6. The van der Waals surface area contributed by atoms with Gasteiger partial charge in [0.2, 0.25) is 17.4 Å². The van der Waals surface area contributed by atoms with Gasteiger partial charge in [0.15, 0.2) is 0 Å². The molecule has 1 aliphatic rings. The minimum atomic E-state index is -2.31. The summed E-state index contributed by atoms with van der Waals surface area (Å²) in [4.78, 5) is 8.53. The topological polar surface area (TPSA) is 56.7 Å². The number of nitrogens with zero attached hydrogens (tertiary/aromatic N) is 4. The van der Waals surface area contributed by atoms with E-state index in [1.165, 1.54) is 0 Å². The molecule has 2 atom stereocenters. The number of fused-ring (bicyclic) bond motifs is 1. The van der Waals surface area contributed by atoms with E-state index in [0.29, 0.717) is 12.3 Å². The van der Waals surface area contributed by atoms with Gasteiger partial charge in [-0.3, -0.25) is 0 Å². The zero-order valence-electron chi connectivity index (χ0n) is 13.9. The Kier molecular flexibility index (Phi) is 3.77. The molecule has 1 aliphatic heterocycles. The van der Waals surface area contributed by atoms with E-state index in [-0.39, 0.29) is 11.7 Å². The molecule has 126 valence electrons. The molecule has 0 saturated heterocycles. The van der Waals surface area contributed by atoms with Gasteiger partial charge in [0.1, 0.15) is 11.5 Å². The Balaban J connectivity index is 1.83. The van der Waals surface area contributed by atoms with Crippen molar-refractivity contribution in [1.82, 2.24) is 19.7 Å². The van der Waals surface area contributed by atoms with Crippen molar-refractivity contribution in [3.8, 4) is 0 Å². The summed E-state index contributed by atoms with van der Waals surface area (Å²) in [5.41, 5.74) is -3.44. The molecule has 7 heteroatoms. The average molecular weight is 324 g/mol. The maximum Gasteiger partial charge on any atom is 0.232 e. The van der Waals surface area contributed by atoms with Gasteiger partial charge in [-0.1, -0.05) is 12.1 Å². The van der Waals surface area contributed by atoms with Crippen LogP contribution in [0.4, 0.5) is 8.78 Å². The van der Waals surface area contributed by atoms with Crippen LogP contribution in [0, 0.1) is 0 Å². The average Bonchev–Trinajstić information content (AvgIpc) is 3.07. The highest BCUT2D eigenvalue weighted by Gasteiger charge is 2.47. The van der Waals surface area contributed by atoms with Crippen molar-refractivity contribution in [2.75, 3.05) is 0 Å². The molecule has 3 rings (SSSR count). The molecule has 0 fully saturated rings. The first-order chi connectivity index (χ1) is 10.7. The van der Waals surface area contributed by atoms with Gasteiger partial charge < -0.3 is 9.09 Å². The van der Waals surface area contributed by atoms with Crippen LogP contribution in [0.1, 0.15) is 69.7 Å². The quantitative estimate of drug-likeness (QED) is 0.861. The van der Waals surface area contributed by atoms with Crippen LogP contribution in [0.15, 0.2) is 10.7 Å². The fourth-order valence-electron chi connectivity index (χ4n) is 2.84. The van der Waals surface area contributed by atoms with Gasteiger partial charge in [0.05, 0.1) is 6.42 Å². The van der Waals surface area contributed by atoms with Crippen LogP contribution in [-0.2, 0) is 18.6 Å².